The minimum atomic E-state index is -0.0905. The highest BCUT2D eigenvalue weighted by Crippen LogP contribution is 2.07. The van der Waals surface area contributed by atoms with Crippen LogP contribution in [0.4, 0.5) is 5.82 Å². The van der Waals surface area contributed by atoms with E-state index in [1.165, 1.54) is 6.33 Å². The number of hydrogen-bond donors (Lipinski definition) is 1. The fraction of sp³-hybridized carbons (Fsp3) is 0.600. The van der Waals surface area contributed by atoms with Crippen LogP contribution < -0.4 is 10.5 Å². The Hall–Kier alpha value is -1.32. The second kappa shape index (κ2) is 5.42. The zero-order chi connectivity index (χ0) is 10.4. The van der Waals surface area contributed by atoms with Crippen LogP contribution in [0.1, 0.15) is 26.7 Å². The van der Waals surface area contributed by atoms with Crippen LogP contribution in [0, 0.1) is 0 Å². The molecule has 4 nitrogen and oxygen atoms in total. The van der Waals surface area contributed by atoms with Crippen molar-refractivity contribution < 1.29 is 0 Å². The third-order valence-corrected chi connectivity index (χ3v) is 1.97. The normalized spacial score (nSPS) is 10.1. The van der Waals surface area contributed by atoms with Gasteiger partial charge >= 0.3 is 0 Å². The largest absolute Gasteiger partial charge is 0.356 e. The fourth-order valence-electron chi connectivity index (χ4n) is 1.41. The first-order valence-corrected chi connectivity index (χ1v) is 5.07. The predicted molar refractivity (Wildman–Crippen MR) is 57.7 cm³/mol. The molecule has 0 spiro atoms. The van der Waals surface area contributed by atoms with Crippen molar-refractivity contribution in [1.29, 1.82) is 0 Å². The first-order valence-electron chi connectivity index (χ1n) is 5.07. The Kier molecular flexibility index (Phi) is 4.16. The Morgan fingerprint density at radius 1 is 1.36 bits per heavy atom. The van der Waals surface area contributed by atoms with Crippen LogP contribution in [0.15, 0.2) is 17.2 Å². The minimum Gasteiger partial charge on any atom is -0.356 e. The van der Waals surface area contributed by atoms with Gasteiger partial charge in [-0.2, -0.15) is 0 Å². The smallest absolute Gasteiger partial charge is 0.252 e. The molecule has 4 heteroatoms. The first-order chi connectivity index (χ1) is 6.77. The molecule has 0 aliphatic carbocycles. The molecule has 0 radical (unpaired) electrons. The number of rotatable bonds is 5. The molecule has 14 heavy (non-hydrogen) atoms. The zero-order valence-corrected chi connectivity index (χ0v) is 8.79. The molecule has 1 heterocycles. The van der Waals surface area contributed by atoms with Gasteiger partial charge in [0.15, 0.2) is 0 Å². The van der Waals surface area contributed by atoms with E-state index in [2.05, 4.69) is 28.7 Å². The van der Waals surface area contributed by atoms with E-state index in [4.69, 9.17) is 0 Å². The Labute approximate surface area is 84.0 Å². The molecule has 0 amide bonds. The topological polar surface area (TPSA) is 49.0 Å². The summed E-state index contributed by atoms with van der Waals surface area (Å²) < 4.78 is 0. The van der Waals surface area contributed by atoms with E-state index in [0.717, 1.165) is 31.7 Å². The quantitative estimate of drug-likeness (QED) is 0.772. The highest BCUT2D eigenvalue weighted by Gasteiger charge is 2.05. The Morgan fingerprint density at radius 2 is 2.00 bits per heavy atom. The standard InChI is InChI=1S/C10H17N3O/c1-3-5-13(6-4-2)9-7-10(14)12-8-11-9/h7-8H,3-6H2,1-2H3,(H,11,12,14). The SMILES string of the molecule is CCCN(CCC)c1cc(=O)[nH]cn1. The van der Waals surface area contributed by atoms with E-state index in [9.17, 15) is 4.79 Å². The Bertz CT molecular complexity index is 315. The second-order valence-corrected chi connectivity index (χ2v) is 3.26. The molecule has 1 aromatic heterocycles. The average Bonchev–Trinajstić information content (AvgIpc) is 2.17. The minimum absolute atomic E-state index is 0.0905. The molecule has 0 aliphatic heterocycles. The van der Waals surface area contributed by atoms with Gasteiger partial charge in [0.1, 0.15) is 5.82 Å². The van der Waals surface area contributed by atoms with Crippen LogP contribution in [-0.2, 0) is 0 Å². The van der Waals surface area contributed by atoms with Crippen LogP contribution in [0.25, 0.3) is 0 Å². The molecular formula is C10H17N3O. The molecule has 0 bridgehead atoms. The molecule has 0 saturated heterocycles. The van der Waals surface area contributed by atoms with E-state index in [1.54, 1.807) is 6.07 Å². The van der Waals surface area contributed by atoms with Crippen LogP contribution in [0.5, 0.6) is 0 Å². The summed E-state index contributed by atoms with van der Waals surface area (Å²) in [5, 5.41) is 0. The van der Waals surface area contributed by atoms with Crippen LogP contribution in [0.3, 0.4) is 0 Å². The molecule has 0 unspecified atom stereocenters. The van der Waals surface area contributed by atoms with E-state index in [-0.39, 0.29) is 5.56 Å². The van der Waals surface area contributed by atoms with Gasteiger partial charge in [0.05, 0.1) is 6.33 Å². The van der Waals surface area contributed by atoms with E-state index in [1.807, 2.05) is 0 Å². The molecule has 78 valence electrons. The van der Waals surface area contributed by atoms with Gasteiger partial charge in [-0.1, -0.05) is 13.8 Å². The maximum Gasteiger partial charge on any atom is 0.252 e. The zero-order valence-electron chi connectivity index (χ0n) is 8.79. The molecule has 1 aromatic rings. The molecule has 0 aromatic carbocycles. The van der Waals surface area contributed by atoms with Gasteiger partial charge in [0.2, 0.25) is 0 Å². The van der Waals surface area contributed by atoms with Crippen LogP contribution >= 0.6 is 0 Å². The molecule has 0 saturated carbocycles. The van der Waals surface area contributed by atoms with Crippen molar-refractivity contribution >= 4 is 5.82 Å². The number of H-pyrrole nitrogens is 1. The number of anilines is 1. The van der Waals surface area contributed by atoms with Crippen LogP contribution in [-0.4, -0.2) is 23.1 Å². The summed E-state index contributed by atoms with van der Waals surface area (Å²) >= 11 is 0. The molecule has 0 atom stereocenters. The molecule has 1 rings (SSSR count). The van der Waals surface area contributed by atoms with Crippen molar-refractivity contribution in [2.45, 2.75) is 26.7 Å². The van der Waals surface area contributed by atoms with Gasteiger partial charge in [-0.3, -0.25) is 4.79 Å². The van der Waals surface area contributed by atoms with Crippen LogP contribution in [0.2, 0.25) is 0 Å². The van der Waals surface area contributed by atoms with Gasteiger partial charge in [0.25, 0.3) is 5.56 Å². The summed E-state index contributed by atoms with van der Waals surface area (Å²) in [4.78, 5) is 19.9. The lowest BCUT2D eigenvalue weighted by Gasteiger charge is -2.21. The van der Waals surface area contributed by atoms with Crippen molar-refractivity contribution in [2.75, 3.05) is 18.0 Å². The molecule has 1 N–H and O–H groups in total. The number of aromatic nitrogens is 2. The molecule has 0 fully saturated rings. The number of nitrogens with one attached hydrogen (secondary N) is 1. The maximum atomic E-state index is 11.1. The lowest BCUT2D eigenvalue weighted by atomic mass is 10.3. The summed E-state index contributed by atoms with van der Waals surface area (Å²) in [6, 6.07) is 1.55. The van der Waals surface area contributed by atoms with Crippen molar-refractivity contribution in [1.82, 2.24) is 9.97 Å². The van der Waals surface area contributed by atoms with Gasteiger partial charge in [-0.25, -0.2) is 4.98 Å². The summed E-state index contributed by atoms with van der Waals surface area (Å²) in [7, 11) is 0. The summed E-state index contributed by atoms with van der Waals surface area (Å²) in [5.74, 6) is 0.775. The van der Waals surface area contributed by atoms with Gasteiger partial charge in [-0.05, 0) is 12.8 Å². The van der Waals surface area contributed by atoms with Crippen molar-refractivity contribution in [3.8, 4) is 0 Å². The van der Waals surface area contributed by atoms with Crippen molar-refractivity contribution in [2.24, 2.45) is 0 Å². The first kappa shape index (κ1) is 10.8. The fourth-order valence-corrected chi connectivity index (χ4v) is 1.41. The third kappa shape index (κ3) is 2.87. The predicted octanol–water partition coefficient (Wildman–Crippen LogP) is 1.40. The Morgan fingerprint density at radius 3 is 2.50 bits per heavy atom. The lowest BCUT2D eigenvalue weighted by Crippen LogP contribution is -2.27. The summed E-state index contributed by atoms with van der Waals surface area (Å²) in [6.45, 7) is 6.14. The Balaban J connectivity index is 2.81. The highest BCUT2D eigenvalue weighted by molar-refractivity contribution is 5.35. The van der Waals surface area contributed by atoms with E-state index >= 15 is 0 Å². The number of aromatic amines is 1. The van der Waals surface area contributed by atoms with Crippen molar-refractivity contribution in [3.05, 3.63) is 22.7 Å². The monoisotopic (exact) mass is 195 g/mol. The lowest BCUT2D eigenvalue weighted by molar-refractivity contribution is 0.731. The molecule has 0 aliphatic rings. The summed E-state index contributed by atoms with van der Waals surface area (Å²) in [5.41, 5.74) is -0.0905. The van der Waals surface area contributed by atoms with Gasteiger partial charge in [-0.15, -0.1) is 0 Å². The van der Waals surface area contributed by atoms with Gasteiger partial charge < -0.3 is 9.88 Å². The maximum absolute atomic E-state index is 11.1. The third-order valence-electron chi connectivity index (χ3n) is 1.97. The number of nitrogens with zero attached hydrogens (tertiary/aromatic N) is 2. The van der Waals surface area contributed by atoms with E-state index in [0.29, 0.717) is 0 Å². The average molecular weight is 195 g/mol. The highest BCUT2D eigenvalue weighted by atomic mass is 16.1. The number of hydrogen-bond acceptors (Lipinski definition) is 3. The summed E-state index contributed by atoms with van der Waals surface area (Å²) in [6.07, 6.45) is 3.58. The molecular weight excluding hydrogens is 178 g/mol. The second-order valence-electron chi connectivity index (χ2n) is 3.26. The van der Waals surface area contributed by atoms with Gasteiger partial charge in [0, 0.05) is 19.2 Å². The van der Waals surface area contributed by atoms with Crippen molar-refractivity contribution in [3.63, 3.8) is 0 Å². The van der Waals surface area contributed by atoms with E-state index < -0.39 is 0 Å².